The number of thioether (sulfide) groups is 1. The second kappa shape index (κ2) is 17.3. The molecular formula is C38H47BO6S. The van der Waals surface area contributed by atoms with Gasteiger partial charge in [0.05, 0.1) is 18.3 Å². The molecule has 1 heterocycles. The maximum Gasteiger partial charge on any atom is 0.494 e. The number of carbonyl (C=O) groups is 1. The van der Waals surface area contributed by atoms with Crippen LogP contribution in [0.15, 0.2) is 108 Å². The smallest absolute Gasteiger partial charge is 0.463 e. The highest BCUT2D eigenvalue weighted by Gasteiger charge is 2.55. The van der Waals surface area contributed by atoms with Crippen LogP contribution in [0.4, 0.5) is 0 Å². The molecule has 0 spiro atoms. The molecule has 1 saturated heterocycles. The van der Waals surface area contributed by atoms with Crippen LogP contribution >= 0.6 is 11.8 Å². The largest absolute Gasteiger partial charge is 0.494 e. The van der Waals surface area contributed by atoms with Gasteiger partial charge in [0, 0.05) is 34.7 Å². The van der Waals surface area contributed by atoms with E-state index < -0.39 is 19.3 Å². The first kappa shape index (κ1) is 34.5. The third kappa shape index (κ3) is 9.58. The first-order valence-corrected chi connectivity index (χ1v) is 17.6. The van der Waals surface area contributed by atoms with E-state index in [-0.39, 0.29) is 41.4 Å². The number of rotatable bonds is 16. The predicted molar refractivity (Wildman–Crippen MR) is 185 cm³/mol. The van der Waals surface area contributed by atoms with Gasteiger partial charge >= 0.3 is 13.1 Å². The lowest BCUT2D eigenvalue weighted by atomic mass is 9.77. The van der Waals surface area contributed by atoms with Gasteiger partial charge in [-0.1, -0.05) is 91.0 Å². The van der Waals surface area contributed by atoms with E-state index in [4.69, 9.17) is 14.0 Å². The van der Waals surface area contributed by atoms with Crippen molar-refractivity contribution in [2.45, 2.75) is 99.5 Å². The molecule has 0 radical (unpaired) electrons. The summed E-state index contributed by atoms with van der Waals surface area (Å²) in [5.41, 5.74) is 2.12. The zero-order chi connectivity index (χ0) is 32.3. The van der Waals surface area contributed by atoms with Crippen LogP contribution in [0.5, 0.6) is 0 Å². The van der Waals surface area contributed by atoms with Crippen LogP contribution < -0.4 is 5.46 Å². The van der Waals surface area contributed by atoms with Gasteiger partial charge in [0.25, 0.3) is 0 Å². The summed E-state index contributed by atoms with van der Waals surface area (Å²) in [6, 6.07) is 30.3. The molecule has 2 N–H and O–H groups in total. The number of allylic oxidation sites excluding steroid dienone is 2. The Morgan fingerprint density at radius 2 is 1.59 bits per heavy atom. The molecule has 6 nitrogen and oxygen atoms in total. The third-order valence-corrected chi connectivity index (χ3v) is 10.3. The summed E-state index contributed by atoms with van der Waals surface area (Å²) >= 11 is 1.63. The van der Waals surface area contributed by atoms with Crippen LogP contribution in [0.1, 0.15) is 57.9 Å². The number of fused-ring (bicyclic) bond motifs is 2. The Kier molecular flexibility index (Phi) is 13.0. The van der Waals surface area contributed by atoms with Gasteiger partial charge in [0.15, 0.2) is 0 Å². The van der Waals surface area contributed by atoms with Crippen LogP contribution in [0.25, 0.3) is 0 Å². The molecule has 3 aromatic carbocycles. The normalized spacial score (nSPS) is 23.0. The van der Waals surface area contributed by atoms with Crippen molar-refractivity contribution in [3.63, 3.8) is 0 Å². The highest BCUT2D eigenvalue weighted by atomic mass is 32.2. The lowest BCUT2D eigenvalue weighted by molar-refractivity contribution is -0.147. The Morgan fingerprint density at radius 1 is 0.935 bits per heavy atom. The highest BCUT2D eigenvalue weighted by Crippen LogP contribution is 2.49. The Morgan fingerprint density at radius 3 is 2.28 bits per heavy atom. The van der Waals surface area contributed by atoms with E-state index in [2.05, 4.69) is 36.4 Å². The van der Waals surface area contributed by atoms with Gasteiger partial charge in [0.2, 0.25) is 0 Å². The number of benzene rings is 3. The highest BCUT2D eigenvalue weighted by molar-refractivity contribution is 8.00. The molecule has 1 saturated carbocycles. The first-order valence-electron chi connectivity index (χ1n) is 16.7. The molecule has 8 heteroatoms. The number of hydrogen-bond acceptors (Lipinski definition) is 7. The minimum atomic E-state index is -0.963. The second-order valence-electron chi connectivity index (χ2n) is 12.7. The maximum atomic E-state index is 12.0. The van der Waals surface area contributed by atoms with Crippen molar-refractivity contribution in [2.75, 3.05) is 0 Å². The van der Waals surface area contributed by atoms with Gasteiger partial charge < -0.3 is 24.3 Å². The average molecular weight is 643 g/mol. The summed E-state index contributed by atoms with van der Waals surface area (Å²) in [6.45, 7) is 3.73. The number of aliphatic hydroxyl groups excluding tert-OH is 2. The number of aliphatic hydroxyl groups is 2. The van der Waals surface area contributed by atoms with Gasteiger partial charge in [-0.15, -0.1) is 11.8 Å². The number of hydrogen-bond donors (Lipinski definition) is 2. The van der Waals surface area contributed by atoms with E-state index in [9.17, 15) is 15.0 Å². The van der Waals surface area contributed by atoms with Crippen LogP contribution in [0, 0.1) is 11.8 Å². The molecule has 1 aliphatic heterocycles. The average Bonchev–Trinajstić information content (AvgIpc) is 3.32. The van der Waals surface area contributed by atoms with Crippen molar-refractivity contribution in [2.24, 2.45) is 11.8 Å². The lowest BCUT2D eigenvalue weighted by Gasteiger charge is -2.36. The van der Waals surface area contributed by atoms with Crippen LogP contribution in [0.3, 0.4) is 0 Å². The number of unbranched alkanes of at least 4 members (excludes halogenated alkanes) is 1. The first-order chi connectivity index (χ1) is 22.4. The predicted octanol–water partition coefficient (Wildman–Crippen LogP) is 6.39. The monoisotopic (exact) mass is 642 g/mol. The van der Waals surface area contributed by atoms with E-state index in [1.54, 1.807) is 11.8 Å². The van der Waals surface area contributed by atoms with E-state index in [0.29, 0.717) is 19.3 Å². The van der Waals surface area contributed by atoms with Crippen molar-refractivity contribution in [1.82, 2.24) is 0 Å². The van der Waals surface area contributed by atoms with Crippen molar-refractivity contribution < 1.29 is 29.1 Å². The van der Waals surface area contributed by atoms with Gasteiger partial charge in [-0.2, -0.15) is 0 Å². The molecule has 2 fully saturated rings. The molecule has 5 rings (SSSR count). The molecule has 46 heavy (non-hydrogen) atoms. The van der Waals surface area contributed by atoms with Crippen LogP contribution in [-0.2, 0) is 25.3 Å². The summed E-state index contributed by atoms with van der Waals surface area (Å²) in [5, 5.41) is 23.0. The molecule has 0 unspecified atom stereocenters. The van der Waals surface area contributed by atoms with Crippen LogP contribution in [-0.4, -0.2) is 59.1 Å². The summed E-state index contributed by atoms with van der Waals surface area (Å²) < 4.78 is 18.6. The van der Waals surface area contributed by atoms with Crippen LogP contribution in [0.2, 0.25) is 0 Å². The van der Waals surface area contributed by atoms with Crippen molar-refractivity contribution in [1.29, 1.82) is 0 Å². The fraction of sp³-hybridized carbons (Fsp3) is 0.447. The van der Waals surface area contributed by atoms with Gasteiger partial charge in [-0.05, 0) is 81.4 Å². The number of esters is 1. The van der Waals surface area contributed by atoms with E-state index >= 15 is 0 Å². The molecule has 7 atom stereocenters. The van der Waals surface area contributed by atoms with Crippen molar-refractivity contribution >= 4 is 30.3 Å². The topological polar surface area (TPSA) is 85.2 Å². The summed E-state index contributed by atoms with van der Waals surface area (Å²) in [4.78, 5) is 13.0. The fourth-order valence-electron chi connectivity index (χ4n) is 6.71. The quantitative estimate of drug-likeness (QED) is 0.0617. The molecule has 1 aliphatic carbocycles. The number of ether oxygens (including phenoxy) is 1. The molecular weight excluding hydrogens is 595 g/mol. The molecule has 2 aliphatic rings. The molecule has 0 amide bonds. The number of aryl methyl sites for hydroxylation is 1. The van der Waals surface area contributed by atoms with E-state index in [1.165, 1.54) is 0 Å². The van der Waals surface area contributed by atoms with Gasteiger partial charge in [0.1, 0.15) is 0 Å². The molecule has 0 aromatic heterocycles. The zero-order valence-corrected chi connectivity index (χ0v) is 27.7. The molecule has 244 valence electrons. The van der Waals surface area contributed by atoms with Crippen molar-refractivity contribution in [3.8, 4) is 0 Å². The minimum Gasteiger partial charge on any atom is -0.463 e. The Bertz CT molecular complexity index is 1360. The Hall–Kier alpha value is -2.88. The zero-order valence-electron chi connectivity index (χ0n) is 26.9. The summed E-state index contributed by atoms with van der Waals surface area (Å²) in [6.07, 6.45) is 6.76. The third-order valence-electron chi connectivity index (χ3n) is 8.93. The van der Waals surface area contributed by atoms with E-state index in [0.717, 1.165) is 41.6 Å². The number of carbonyl (C=O) groups excluding carboxylic acids is 1. The lowest BCUT2D eigenvalue weighted by Crippen LogP contribution is -2.48. The maximum absolute atomic E-state index is 12.0. The standard InChI is InChI=1S/C38H47BO6S/c1-27(2)43-35(41)23-15-4-3-14-22-31-33-26-34(45-39(44-33)29-18-10-6-11-19-29)36(31)38(46-30-20-12-7-13-21-30)37(42)32(40)25-24-28-16-8-5-9-17-28/h3,5-14,16-21,27,31-34,36-38,40,42H,4,15,22-26H2,1-2H3/b14-3-/t31-,32+,33-,34+,36+,37+,38-/m0/s1. The summed E-state index contributed by atoms with van der Waals surface area (Å²) in [5.74, 6) is -0.139. The van der Waals surface area contributed by atoms with Gasteiger partial charge in [-0.25, -0.2) is 0 Å². The van der Waals surface area contributed by atoms with Crippen molar-refractivity contribution in [3.05, 3.63) is 109 Å². The summed E-state index contributed by atoms with van der Waals surface area (Å²) in [7, 11) is -0.476. The van der Waals surface area contributed by atoms with E-state index in [1.807, 2.05) is 80.6 Å². The second-order valence-corrected chi connectivity index (χ2v) is 13.9. The molecule has 3 aromatic rings. The fourth-order valence-corrected chi connectivity index (χ4v) is 8.19. The minimum absolute atomic E-state index is 0.0489. The molecule has 2 bridgehead atoms. The Balaban J connectivity index is 1.36. The SMILES string of the molecule is CC(C)OC(=O)CCC/C=C\C[C@@H]1[C@@H]([C@H](Sc2ccccc2)[C@H](O)[C@H](O)CCc2ccccc2)[C@H]2C[C@@H]1OB(c1ccccc1)O2. The van der Waals surface area contributed by atoms with Gasteiger partial charge in [-0.3, -0.25) is 4.79 Å². The Labute approximate surface area is 278 Å².